The molecule has 0 aliphatic heterocycles. The summed E-state index contributed by atoms with van der Waals surface area (Å²) in [6.07, 6.45) is 3.23. The molecule has 0 aliphatic rings. The van der Waals surface area contributed by atoms with Crippen molar-refractivity contribution in [1.29, 1.82) is 0 Å². The Bertz CT molecular complexity index is 161. The number of Topliss-reactive ketones (excluding diaryl/α,β-unsaturated/α-hetero) is 1. The van der Waals surface area contributed by atoms with E-state index in [1.807, 2.05) is 26.8 Å². The van der Waals surface area contributed by atoms with Gasteiger partial charge in [-0.1, -0.05) is 18.6 Å². The van der Waals surface area contributed by atoms with Gasteiger partial charge in [-0.2, -0.15) is 0 Å². The number of rotatable bonds is 4. The standard InChI is InChI=1S/C9H17NO/c1-4-7(3)6-8(10)9(11)5-2/h4,8H,5-6,10H2,1-3H3. The van der Waals surface area contributed by atoms with Gasteiger partial charge in [0.2, 0.25) is 0 Å². The van der Waals surface area contributed by atoms with Crippen molar-refractivity contribution in [2.75, 3.05) is 0 Å². The van der Waals surface area contributed by atoms with Gasteiger partial charge in [0.15, 0.2) is 0 Å². The topological polar surface area (TPSA) is 43.1 Å². The summed E-state index contributed by atoms with van der Waals surface area (Å²) in [4.78, 5) is 11.0. The Morgan fingerprint density at radius 3 is 2.55 bits per heavy atom. The van der Waals surface area contributed by atoms with Crippen LogP contribution in [0.3, 0.4) is 0 Å². The van der Waals surface area contributed by atoms with Crippen LogP contribution in [0.4, 0.5) is 0 Å². The SMILES string of the molecule is CC=C(C)CC(N)C(=O)CC. The molecule has 2 nitrogen and oxygen atoms in total. The highest BCUT2D eigenvalue weighted by atomic mass is 16.1. The molecule has 2 heteroatoms. The Morgan fingerprint density at radius 1 is 1.64 bits per heavy atom. The maximum absolute atomic E-state index is 11.0. The molecule has 0 aromatic rings. The zero-order valence-electron chi connectivity index (χ0n) is 7.55. The van der Waals surface area contributed by atoms with Gasteiger partial charge in [-0.3, -0.25) is 4.79 Å². The van der Waals surface area contributed by atoms with Crippen LogP contribution in [0.5, 0.6) is 0 Å². The molecule has 0 aromatic heterocycles. The quantitative estimate of drug-likeness (QED) is 0.627. The van der Waals surface area contributed by atoms with Crippen molar-refractivity contribution in [3.8, 4) is 0 Å². The summed E-state index contributed by atoms with van der Waals surface area (Å²) in [6, 6.07) is -0.295. The fourth-order valence-corrected chi connectivity index (χ4v) is 0.841. The molecule has 0 heterocycles. The van der Waals surface area contributed by atoms with E-state index in [1.54, 1.807) is 0 Å². The number of ketones is 1. The number of carbonyl (C=O) groups is 1. The predicted octanol–water partition coefficient (Wildman–Crippen LogP) is 1.65. The van der Waals surface area contributed by atoms with Crippen LogP contribution in [0.15, 0.2) is 11.6 Å². The Kier molecular flexibility index (Phi) is 4.79. The molecular formula is C9H17NO. The van der Waals surface area contributed by atoms with E-state index in [1.165, 1.54) is 5.57 Å². The fourth-order valence-electron chi connectivity index (χ4n) is 0.841. The number of hydrogen-bond acceptors (Lipinski definition) is 2. The first kappa shape index (κ1) is 10.4. The molecule has 0 amide bonds. The molecule has 11 heavy (non-hydrogen) atoms. The Morgan fingerprint density at radius 2 is 2.18 bits per heavy atom. The third kappa shape index (κ3) is 3.94. The van der Waals surface area contributed by atoms with Gasteiger partial charge >= 0.3 is 0 Å². The van der Waals surface area contributed by atoms with Gasteiger partial charge < -0.3 is 5.73 Å². The van der Waals surface area contributed by atoms with Crippen LogP contribution < -0.4 is 5.73 Å². The van der Waals surface area contributed by atoms with Crippen LogP contribution in [-0.2, 0) is 4.79 Å². The van der Waals surface area contributed by atoms with E-state index < -0.39 is 0 Å². The van der Waals surface area contributed by atoms with E-state index in [0.29, 0.717) is 12.8 Å². The van der Waals surface area contributed by atoms with E-state index in [0.717, 1.165) is 0 Å². The van der Waals surface area contributed by atoms with Crippen LogP contribution in [0.2, 0.25) is 0 Å². The lowest BCUT2D eigenvalue weighted by atomic mass is 10.0. The fraction of sp³-hybridized carbons (Fsp3) is 0.667. The summed E-state index contributed by atoms with van der Waals surface area (Å²) in [5, 5.41) is 0. The second-order valence-electron chi connectivity index (χ2n) is 2.77. The number of allylic oxidation sites excluding steroid dienone is 1. The maximum Gasteiger partial charge on any atom is 0.149 e. The molecule has 0 aromatic carbocycles. The number of carbonyl (C=O) groups excluding carboxylic acids is 1. The molecule has 64 valence electrons. The predicted molar refractivity (Wildman–Crippen MR) is 47.3 cm³/mol. The van der Waals surface area contributed by atoms with Crippen molar-refractivity contribution in [1.82, 2.24) is 0 Å². The average molecular weight is 155 g/mol. The van der Waals surface area contributed by atoms with Crippen molar-refractivity contribution in [3.63, 3.8) is 0 Å². The monoisotopic (exact) mass is 155 g/mol. The van der Waals surface area contributed by atoms with Crippen molar-refractivity contribution < 1.29 is 4.79 Å². The second-order valence-corrected chi connectivity index (χ2v) is 2.77. The molecule has 0 radical (unpaired) electrons. The number of hydrogen-bond donors (Lipinski definition) is 1. The first-order chi connectivity index (χ1) is 5.11. The summed E-state index contributed by atoms with van der Waals surface area (Å²) in [5.41, 5.74) is 6.79. The minimum Gasteiger partial charge on any atom is -0.321 e. The highest BCUT2D eigenvalue weighted by Crippen LogP contribution is 2.04. The summed E-state index contributed by atoms with van der Waals surface area (Å²) in [5.74, 6) is 0.145. The van der Waals surface area contributed by atoms with E-state index in [4.69, 9.17) is 5.73 Å². The lowest BCUT2D eigenvalue weighted by Crippen LogP contribution is -2.29. The molecule has 0 bridgehead atoms. The van der Waals surface area contributed by atoms with Crippen molar-refractivity contribution in [3.05, 3.63) is 11.6 Å². The smallest absolute Gasteiger partial charge is 0.149 e. The van der Waals surface area contributed by atoms with Gasteiger partial charge in [0.05, 0.1) is 6.04 Å². The lowest BCUT2D eigenvalue weighted by molar-refractivity contribution is -0.119. The zero-order valence-corrected chi connectivity index (χ0v) is 7.55. The molecule has 0 saturated carbocycles. The van der Waals surface area contributed by atoms with Crippen LogP contribution in [0.25, 0.3) is 0 Å². The van der Waals surface area contributed by atoms with Gasteiger partial charge in [-0.05, 0) is 20.3 Å². The van der Waals surface area contributed by atoms with Crippen molar-refractivity contribution in [2.45, 2.75) is 39.7 Å². The highest BCUT2D eigenvalue weighted by molar-refractivity contribution is 5.83. The Hall–Kier alpha value is -0.630. The summed E-state index contributed by atoms with van der Waals surface area (Å²) in [6.45, 7) is 5.79. The van der Waals surface area contributed by atoms with E-state index in [-0.39, 0.29) is 11.8 Å². The van der Waals surface area contributed by atoms with Gasteiger partial charge in [0.1, 0.15) is 5.78 Å². The highest BCUT2D eigenvalue weighted by Gasteiger charge is 2.10. The van der Waals surface area contributed by atoms with Crippen LogP contribution in [0.1, 0.15) is 33.6 Å². The molecular weight excluding hydrogens is 138 g/mol. The van der Waals surface area contributed by atoms with E-state index in [9.17, 15) is 4.79 Å². The lowest BCUT2D eigenvalue weighted by Gasteiger charge is -2.08. The summed E-state index contributed by atoms with van der Waals surface area (Å²) in [7, 11) is 0. The van der Waals surface area contributed by atoms with Gasteiger partial charge in [-0.25, -0.2) is 0 Å². The third-order valence-corrected chi connectivity index (χ3v) is 1.80. The largest absolute Gasteiger partial charge is 0.321 e. The molecule has 0 fully saturated rings. The molecule has 1 atom stereocenters. The summed E-state index contributed by atoms with van der Waals surface area (Å²) >= 11 is 0. The van der Waals surface area contributed by atoms with Gasteiger partial charge in [0, 0.05) is 6.42 Å². The number of nitrogens with two attached hydrogens (primary N) is 1. The zero-order chi connectivity index (χ0) is 8.85. The first-order valence-electron chi connectivity index (χ1n) is 4.01. The van der Waals surface area contributed by atoms with E-state index >= 15 is 0 Å². The Labute approximate surface area is 68.5 Å². The Balaban J connectivity index is 3.87. The molecule has 1 unspecified atom stereocenters. The molecule has 0 rings (SSSR count). The van der Waals surface area contributed by atoms with Gasteiger partial charge in [-0.15, -0.1) is 0 Å². The first-order valence-corrected chi connectivity index (χ1v) is 4.01. The van der Waals surface area contributed by atoms with Gasteiger partial charge in [0.25, 0.3) is 0 Å². The van der Waals surface area contributed by atoms with Crippen LogP contribution in [-0.4, -0.2) is 11.8 Å². The molecule has 0 aliphatic carbocycles. The molecule has 0 saturated heterocycles. The summed E-state index contributed by atoms with van der Waals surface area (Å²) < 4.78 is 0. The van der Waals surface area contributed by atoms with Crippen molar-refractivity contribution >= 4 is 5.78 Å². The van der Waals surface area contributed by atoms with E-state index in [2.05, 4.69) is 0 Å². The van der Waals surface area contributed by atoms with Crippen LogP contribution in [0, 0.1) is 0 Å². The minimum atomic E-state index is -0.295. The minimum absolute atomic E-state index is 0.145. The third-order valence-electron chi connectivity index (χ3n) is 1.80. The second kappa shape index (κ2) is 5.08. The normalized spacial score (nSPS) is 14.7. The average Bonchev–Trinajstić information content (AvgIpc) is 2.02. The van der Waals surface area contributed by atoms with Crippen LogP contribution >= 0.6 is 0 Å². The van der Waals surface area contributed by atoms with Crippen molar-refractivity contribution in [2.24, 2.45) is 5.73 Å². The molecule has 0 spiro atoms. The molecule has 2 N–H and O–H groups in total. The maximum atomic E-state index is 11.0.